The fraction of sp³-hybridized carbons (Fsp3) is 0. The highest BCUT2D eigenvalue weighted by Gasteiger charge is 2.03. The lowest BCUT2D eigenvalue weighted by Gasteiger charge is -2.05. The van der Waals surface area contributed by atoms with Crippen molar-refractivity contribution in [1.82, 2.24) is 20.2 Å². The molecule has 21 heavy (non-hydrogen) atoms. The smallest absolute Gasteiger partial charge is 0.247 e. The van der Waals surface area contributed by atoms with Crippen molar-refractivity contribution >= 4 is 33.6 Å². The molecular weight excluding hydrogens is 262 g/mol. The molecule has 0 aliphatic heterocycles. The van der Waals surface area contributed by atoms with E-state index < -0.39 is 0 Å². The fourth-order valence-corrected chi connectivity index (χ4v) is 2.20. The van der Waals surface area contributed by atoms with E-state index in [2.05, 4.69) is 25.5 Å². The van der Waals surface area contributed by atoms with Crippen molar-refractivity contribution < 1.29 is 0 Å². The first-order chi connectivity index (χ1) is 10.4. The minimum atomic E-state index is 0.464. The minimum absolute atomic E-state index is 0.464. The molecule has 0 aliphatic carbocycles. The molecule has 2 aromatic carbocycles. The first kappa shape index (κ1) is 11.7. The number of hydrogen-bond acceptors (Lipinski definition) is 5. The van der Waals surface area contributed by atoms with Gasteiger partial charge in [-0.15, -0.1) is 10.2 Å². The lowest BCUT2D eigenvalue weighted by Crippen LogP contribution is -1.99. The van der Waals surface area contributed by atoms with Crippen LogP contribution in [0.4, 0.5) is 11.6 Å². The lowest BCUT2D eigenvalue weighted by molar-refractivity contribution is 1.03. The van der Waals surface area contributed by atoms with Gasteiger partial charge in [0, 0.05) is 5.39 Å². The number of benzene rings is 2. The summed E-state index contributed by atoms with van der Waals surface area (Å²) in [5.74, 6) is 0.464. The molecule has 5 nitrogen and oxygen atoms in total. The number of fused-ring (bicyclic) bond motifs is 2. The highest BCUT2D eigenvalue weighted by atomic mass is 15.2. The molecule has 0 bridgehead atoms. The Morgan fingerprint density at radius 2 is 1.52 bits per heavy atom. The van der Waals surface area contributed by atoms with Crippen molar-refractivity contribution in [3.8, 4) is 0 Å². The van der Waals surface area contributed by atoms with Gasteiger partial charge in [0.05, 0.1) is 22.9 Å². The molecule has 0 aliphatic rings. The Balaban J connectivity index is 1.71. The molecular formula is C16H11N5. The predicted octanol–water partition coefficient (Wildman–Crippen LogP) is 3.32. The molecule has 5 heteroatoms. The molecule has 0 radical (unpaired) electrons. The fourth-order valence-electron chi connectivity index (χ4n) is 2.20. The zero-order chi connectivity index (χ0) is 14.1. The topological polar surface area (TPSA) is 63.6 Å². The van der Waals surface area contributed by atoms with Crippen LogP contribution in [0.2, 0.25) is 0 Å². The quantitative estimate of drug-likeness (QED) is 0.607. The Hall–Kier alpha value is -3.08. The number of anilines is 2. The second-order valence-electron chi connectivity index (χ2n) is 4.67. The second-order valence-corrected chi connectivity index (χ2v) is 4.67. The summed E-state index contributed by atoms with van der Waals surface area (Å²) in [5.41, 5.74) is 3.38. The molecule has 0 atom stereocenters. The van der Waals surface area contributed by atoms with Gasteiger partial charge in [0.2, 0.25) is 5.95 Å². The molecule has 0 fully saturated rings. The van der Waals surface area contributed by atoms with Crippen LogP contribution in [0.3, 0.4) is 0 Å². The first-order valence-corrected chi connectivity index (χ1v) is 6.60. The summed E-state index contributed by atoms with van der Waals surface area (Å²) in [6, 6.07) is 17.6. The molecule has 0 saturated carbocycles. The van der Waals surface area contributed by atoms with Crippen molar-refractivity contribution in [2.75, 3.05) is 5.32 Å². The Labute approximate surface area is 120 Å². The van der Waals surface area contributed by atoms with Crippen LogP contribution in [0.5, 0.6) is 0 Å². The third-order valence-corrected chi connectivity index (χ3v) is 3.21. The molecule has 1 N–H and O–H groups in total. The number of pyridine rings is 1. The summed E-state index contributed by atoms with van der Waals surface area (Å²) in [6.07, 6.45) is 1.76. The largest absolute Gasteiger partial charge is 0.321 e. The Morgan fingerprint density at radius 1 is 0.762 bits per heavy atom. The van der Waals surface area contributed by atoms with E-state index in [1.807, 2.05) is 54.6 Å². The van der Waals surface area contributed by atoms with Gasteiger partial charge in [0.1, 0.15) is 5.52 Å². The van der Waals surface area contributed by atoms with E-state index in [9.17, 15) is 0 Å². The Kier molecular flexibility index (Phi) is 2.67. The van der Waals surface area contributed by atoms with Crippen molar-refractivity contribution in [2.45, 2.75) is 0 Å². The third-order valence-electron chi connectivity index (χ3n) is 3.21. The molecule has 0 saturated heterocycles. The summed E-state index contributed by atoms with van der Waals surface area (Å²) in [5, 5.41) is 12.4. The number of rotatable bonds is 2. The molecule has 2 aromatic heterocycles. The van der Waals surface area contributed by atoms with Crippen LogP contribution in [-0.2, 0) is 0 Å². The monoisotopic (exact) mass is 273 g/mol. The van der Waals surface area contributed by atoms with Gasteiger partial charge in [-0.25, -0.2) is 4.98 Å². The SMILES string of the molecule is c1ccc2ncc(Nc3nnc4ccccc4n3)cc2c1. The summed E-state index contributed by atoms with van der Waals surface area (Å²) in [6.45, 7) is 0. The van der Waals surface area contributed by atoms with Gasteiger partial charge in [-0.2, -0.15) is 0 Å². The van der Waals surface area contributed by atoms with E-state index >= 15 is 0 Å². The van der Waals surface area contributed by atoms with Crippen molar-refractivity contribution in [3.63, 3.8) is 0 Å². The summed E-state index contributed by atoms with van der Waals surface area (Å²) < 4.78 is 0. The van der Waals surface area contributed by atoms with Gasteiger partial charge in [0.15, 0.2) is 0 Å². The standard InChI is InChI=1S/C16H11N5/c1-2-6-13-11(5-1)9-12(10-17-13)18-16-19-14-7-3-4-8-15(14)20-21-16/h1-10H,(H,18,19,21). The highest BCUT2D eigenvalue weighted by molar-refractivity contribution is 5.82. The Bertz CT molecular complexity index is 858. The number of para-hydroxylation sites is 2. The van der Waals surface area contributed by atoms with Crippen LogP contribution in [0.1, 0.15) is 0 Å². The van der Waals surface area contributed by atoms with Crippen LogP contribution in [0.15, 0.2) is 60.8 Å². The molecule has 0 amide bonds. The number of nitrogens with one attached hydrogen (secondary N) is 1. The van der Waals surface area contributed by atoms with Crippen LogP contribution in [-0.4, -0.2) is 20.2 Å². The van der Waals surface area contributed by atoms with Gasteiger partial charge in [-0.3, -0.25) is 4.98 Å². The van der Waals surface area contributed by atoms with E-state index in [1.54, 1.807) is 6.20 Å². The van der Waals surface area contributed by atoms with E-state index in [0.29, 0.717) is 5.95 Å². The molecule has 0 spiro atoms. The van der Waals surface area contributed by atoms with E-state index in [0.717, 1.165) is 27.6 Å². The van der Waals surface area contributed by atoms with Crippen LogP contribution in [0, 0.1) is 0 Å². The molecule has 0 unspecified atom stereocenters. The zero-order valence-electron chi connectivity index (χ0n) is 11.1. The average Bonchev–Trinajstić information content (AvgIpc) is 2.55. The summed E-state index contributed by atoms with van der Waals surface area (Å²) >= 11 is 0. The van der Waals surface area contributed by atoms with Gasteiger partial charge in [0.25, 0.3) is 0 Å². The Morgan fingerprint density at radius 3 is 2.43 bits per heavy atom. The first-order valence-electron chi connectivity index (χ1n) is 6.60. The molecule has 2 heterocycles. The summed E-state index contributed by atoms with van der Waals surface area (Å²) in [7, 11) is 0. The average molecular weight is 273 g/mol. The zero-order valence-corrected chi connectivity index (χ0v) is 11.1. The maximum absolute atomic E-state index is 4.44. The summed E-state index contributed by atoms with van der Waals surface area (Å²) in [4.78, 5) is 8.84. The third kappa shape index (κ3) is 2.25. The predicted molar refractivity (Wildman–Crippen MR) is 82.4 cm³/mol. The van der Waals surface area contributed by atoms with Crippen LogP contribution in [0.25, 0.3) is 21.9 Å². The normalized spacial score (nSPS) is 10.9. The van der Waals surface area contributed by atoms with Gasteiger partial charge >= 0.3 is 0 Å². The number of nitrogens with zero attached hydrogens (tertiary/aromatic N) is 4. The molecule has 100 valence electrons. The van der Waals surface area contributed by atoms with Crippen LogP contribution >= 0.6 is 0 Å². The molecule has 4 aromatic rings. The highest BCUT2D eigenvalue weighted by Crippen LogP contribution is 2.19. The number of hydrogen-bond donors (Lipinski definition) is 1. The maximum Gasteiger partial charge on any atom is 0.247 e. The lowest BCUT2D eigenvalue weighted by atomic mass is 10.2. The van der Waals surface area contributed by atoms with Gasteiger partial charge in [-0.05, 0) is 24.3 Å². The second kappa shape index (κ2) is 4.79. The van der Waals surface area contributed by atoms with Gasteiger partial charge < -0.3 is 5.32 Å². The van der Waals surface area contributed by atoms with Crippen LogP contribution < -0.4 is 5.32 Å². The number of aromatic nitrogens is 4. The van der Waals surface area contributed by atoms with Crippen molar-refractivity contribution in [1.29, 1.82) is 0 Å². The maximum atomic E-state index is 4.44. The minimum Gasteiger partial charge on any atom is -0.321 e. The molecule has 4 rings (SSSR count). The van der Waals surface area contributed by atoms with E-state index in [4.69, 9.17) is 0 Å². The van der Waals surface area contributed by atoms with E-state index in [1.165, 1.54) is 0 Å². The van der Waals surface area contributed by atoms with E-state index in [-0.39, 0.29) is 0 Å². The van der Waals surface area contributed by atoms with Gasteiger partial charge in [-0.1, -0.05) is 30.3 Å². The van der Waals surface area contributed by atoms with Crippen molar-refractivity contribution in [3.05, 3.63) is 60.8 Å². The van der Waals surface area contributed by atoms with Crippen molar-refractivity contribution in [2.24, 2.45) is 0 Å².